The first-order valence-electron chi connectivity index (χ1n) is 9.43. The fraction of sp³-hybridized carbons (Fsp3) is 0.632. The van der Waals surface area contributed by atoms with Crippen molar-refractivity contribution in [2.45, 2.75) is 43.2 Å². The molecule has 0 unspecified atom stereocenters. The van der Waals surface area contributed by atoms with Crippen molar-refractivity contribution in [3.8, 4) is 0 Å². The summed E-state index contributed by atoms with van der Waals surface area (Å²) in [6.45, 7) is 1.41. The molecular formula is C19H30ClN3O5. The number of nitrogens with one attached hydrogen (secondary N) is 2. The lowest BCUT2D eigenvalue weighted by Gasteiger charge is -2.34. The minimum atomic E-state index is -0.809. The normalized spacial score (nSPS) is 30.0. The Morgan fingerprint density at radius 3 is 2.75 bits per heavy atom. The lowest BCUT2D eigenvalue weighted by Crippen LogP contribution is -2.53. The molecule has 0 radical (unpaired) electrons. The first-order chi connectivity index (χ1) is 13.1. The van der Waals surface area contributed by atoms with Gasteiger partial charge in [0.15, 0.2) is 0 Å². The molecule has 0 aliphatic carbocycles. The monoisotopic (exact) mass is 415 g/mol. The van der Waals surface area contributed by atoms with E-state index in [2.05, 4.69) is 15.5 Å². The fourth-order valence-electron chi connectivity index (χ4n) is 4.07. The number of anilines is 1. The van der Waals surface area contributed by atoms with Gasteiger partial charge in [0.2, 0.25) is 0 Å². The van der Waals surface area contributed by atoms with Crippen LogP contribution in [0.4, 0.5) is 10.5 Å². The topological polar surface area (TPSA) is 103 Å². The third-order valence-electron chi connectivity index (χ3n) is 5.30. The number of likely N-dealkylation sites (tertiary alicyclic amines) is 1. The summed E-state index contributed by atoms with van der Waals surface area (Å²) < 4.78 is 11.2. The van der Waals surface area contributed by atoms with Gasteiger partial charge in [-0.2, -0.15) is 0 Å². The van der Waals surface area contributed by atoms with Gasteiger partial charge in [-0.3, -0.25) is 4.90 Å². The second kappa shape index (κ2) is 10.9. The van der Waals surface area contributed by atoms with Gasteiger partial charge in [0.25, 0.3) is 0 Å². The number of carbonyl (C=O) groups is 1. The highest BCUT2D eigenvalue weighted by molar-refractivity contribution is 5.89. The molecule has 9 heteroatoms. The molecule has 8 nitrogen and oxygen atoms in total. The minimum Gasteiger partial charge on any atom is -0.394 e. The van der Waals surface area contributed by atoms with Crippen LogP contribution in [0.2, 0.25) is 0 Å². The number of hydrogen-bond acceptors (Lipinski definition) is 6. The second-order valence-electron chi connectivity index (χ2n) is 7.07. The van der Waals surface area contributed by atoms with Crippen LogP contribution in [0.15, 0.2) is 30.3 Å². The van der Waals surface area contributed by atoms with Gasteiger partial charge >= 0.3 is 6.03 Å². The fourth-order valence-corrected chi connectivity index (χ4v) is 4.07. The maximum absolute atomic E-state index is 12.2. The molecule has 2 heterocycles. The molecule has 2 aliphatic rings. The molecule has 2 fully saturated rings. The molecule has 2 saturated heterocycles. The highest BCUT2D eigenvalue weighted by atomic mass is 35.5. The van der Waals surface area contributed by atoms with Crippen molar-refractivity contribution >= 4 is 24.1 Å². The Hall–Kier alpha value is -1.42. The molecule has 2 amide bonds. The molecule has 2 aliphatic heterocycles. The Morgan fingerprint density at radius 1 is 1.32 bits per heavy atom. The van der Waals surface area contributed by atoms with E-state index in [-0.39, 0.29) is 43.7 Å². The van der Waals surface area contributed by atoms with Gasteiger partial charge in [-0.05, 0) is 31.5 Å². The molecule has 0 saturated carbocycles. The van der Waals surface area contributed by atoms with E-state index in [1.54, 1.807) is 19.2 Å². The highest BCUT2D eigenvalue weighted by Gasteiger charge is 2.48. The van der Waals surface area contributed by atoms with Gasteiger partial charge in [-0.15, -0.1) is 12.4 Å². The van der Waals surface area contributed by atoms with Gasteiger partial charge in [0.05, 0.1) is 25.4 Å². The van der Waals surface area contributed by atoms with Gasteiger partial charge in [0, 0.05) is 25.4 Å². The summed E-state index contributed by atoms with van der Waals surface area (Å²) in [5.74, 6) is 0. The van der Waals surface area contributed by atoms with Gasteiger partial charge in [-0.25, -0.2) is 4.79 Å². The number of benzene rings is 1. The largest absolute Gasteiger partial charge is 0.394 e. The maximum Gasteiger partial charge on any atom is 0.319 e. The third kappa shape index (κ3) is 5.34. The smallest absolute Gasteiger partial charge is 0.319 e. The van der Waals surface area contributed by atoms with Crippen molar-refractivity contribution in [2.24, 2.45) is 0 Å². The average Bonchev–Trinajstić information content (AvgIpc) is 3.24. The summed E-state index contributed by atoms with van der Waals surface area (Å²) in [5, 5.41) is 25.8. The van der Waals surface area contributed by atoms with Crippen LogP contribution in [0.3, 0.4) is 0 Å². The summed E-state index contributed by atoms with van der Waals surface area (Å²) >= 11 is 0. The number of nitrogens with zero attached hydrogens (tertiary/aromatic N) is 1. The van der Waals surface area contributed by atoms with Crippen molar-refractivity contribution in [1.82, 2.24) is 10.2 Å². The molecule has 1 aromatic carbocycles. The number of carbonyl (C=O) groups excluding carboxylic acids is 1. The van der Waals surface area contributed by atoms with E-state index in [0.29, 0.717) is 12.3 Å². The van der Waals surface area contributed by atoms with E-state index in [1.165, 1.54) is 0 Å². The quantitative estimate of drug-likeness (QED) is 0.526. The number of halogens is 1. The number of ether oxygens (including phenoxy) is 2. The molecule has 4 N–H and O–H groups in total. The van der Waals surface area contributed by atoms with E-state index in [9.17, 15) is 15.0 Å². The van der Waals surface area contributed by atoms with Gasteiger partial charge in [-0.1, -0.05) is 18.2 Å². The molecule has 0 aromatic heterocycles. The Kier molecular flexibility index (Phi) is 8.94. The highest BCUT2D eigenvalue weighted by Crippen LogP contribution is 2.31. The number of amides is 2. The lowest BCUT2D eigenvalue weighted by molar-refractivity contribution is -0.0205. The lowest BCUT2D eigenvalue weighted by atomic mass is 10.0. The molecule has 5 atom stereocenters. The number of rotatable bonds is 7. The number of hydrogen-bond donors (Lipinski definition) is 4. The maximum atomic E-state index is 12.2. The van der Waals surface area contributed by atoms with Crippen molar-refractivity contribution < 1.29 is 24.5 Å². The van der Waals surface area contributed by atoms with Gasteiger partial charge in [0.1, 0.15) is 12.2 Å². The van der Waals surface area contributed by atoms with Crippen LogP contribution in [0.25, 0.3) is 0 Å². The Bertz CT molecular complexity index is 608. The summed E-state index contributed by atoms with van der Waals surface area (Å²) in [5.41, 5.74) is 0.701. The standard InChI is InChI=1S/C19H29N3O5.ClH/c1-26-12-14-8-5-9-22(14)17-15(27-16(11-23)18(17)24)10-20-19(25)21-13-6-3-2-4-7-13;/h2-4,6-7,14-18,23-24H,5,8-12H2,1H3,(H2,20,21,25);1H/t14-,15-,16+,17+,18-;/m1./s1. The predicted molar refractivity (Wildman–Crippen MR) is 108 cm³/mol. The van der Waals surface area contributed by atoms with E-state index >= 15 is 0 Å². The minimum absolute atomic E-state index is 0. The summed E-state index contributed by atoms with van der Waals surface area (Å²) in [4.78, 5) is 14.4. The van der Waals surface area contributed by atoms with Crippen LogP contribution in [-0.4, -0.2) is 85.0 Å². The number of aliphatic hydroxyl groups excluding tert-OH is 2. The van der Waals surface area contributed by atoms with Crippen molar-refractivity contribution in [3.63, 3.8) is 0 Å². The van der Waals surface area contributed by atoms with Crippen LogP contribution >= 0.6 is 12.4 Å². The van der Waals surface area contributed by atoms with Crippen LogP contribution < -0.4 is 10.6 Å². The van der Waals surface area contributed by atoms with E-state index in [0.717, 1.165) is 19.4 Å². The first-order valence-corrected chi connectivity index (χ1v) is 9.43. The number of para-hydroxylation sites is 1. The Morgan fingerprint density at radius 2 is 2.07 bits per heavy atom. The third-order valence-corrected chi connectivity index (χ3v) is 5.30. The van der Waals surface area contributed by atoms with E-state index in [4.69, 9.17) is 9.47 Å². The predicted octanol–water partition coefficient (Wildman–Crippen LogP) is 0.830. The Labute approximate surface area is 171 Å². The van der Waals surface area contributed by atoms with Crippen LogP contribution in [0.5, 0.6) is 0 Å². The van der Waals surface area contributed by atoms with Crippen molar-refractivity contribution in [1.29, 1.82) is 0 Å². The number of aliphatic hydroxyl groups is 2. The summed E-state index contributed by atoms with van der Waals surface area (Å²) in [6.07, 6.45) is 0.154. The molecule has 158 valence electrons. The second-order valence-corrected chi connectivity index (χ2v) is 7.07. The van der Waals surface area contributed by atoms with Crippen LogP contribution in [-0.2, 0) is 9.47 Å². The molecular weight excluding hydrogens is 386 g/mol. The molecule has 28 heavy (non-hydrogen) atoms. The Balaban J connectivity index is 0.00000280. The summed E-state index contributed by atoms with van der Waals surface area (Å²) in [6, 6.07) is 8.76. The van der Waals surface area contributed by atoms with Crippen molar-refractivity contribution in [3.05, 3.63) is 30.3 Å². The first kappa shape index (κ1) is 22.9. The van der Waals surface area contributed by atoms with E-state index < -0.39 is 18.3 Å². The zero-order valence-electron chi connectivity index (χ0n) is 16.0. The van der Waals surface area contributed by atoms with Crippen LogP contribution in [0, 0.1) is 0 Å². The number of urea groups is 1. The van der Waals surface area contributed by atoms with Crippen LogP contribution in [0.1, 0.15) is 12.8 Å². The SMILES string of the molecule is COC[C@H]1CCCN1[C@@H]1[C@H](O)[C@H](CO)O[C@@H]1CNC(=O)Nc1ccccc1.Cl. The van der Waals surface area contributed by atoms with E-state index in [1.807, 2.05) is 18.2 Å². The molecule has 0 bridgehead atoms. The zero-order chi connectivity index (χ0) is 19.2. The molecule has 1 aromatic rings. The zero-order valence-corrected chi connectivity index (χ0v) is 16.8. The molecule has 3 rings (SSSR count). The van der Waals surface area contributed by atoms with Gasteiger partial charge < -0.3 is 30.3 Å². The van der Waals surface area contributed by atoms with Crippen molar-refractivity contribution in [2.75, 3.05) is 38.7 Å². The molecule has 0 spiro atoms. The number of methoxy groups -OCH3 is 1. The summed E-state index contributed by atoms with van der Waals surface area (Å²) in [7, 11) is 1.67. The average molecular weight is 416 g/mol.